The van der Waals surface area contributed by atoms with Crippen LogP contribution in [0.15, 0.2) is 24.3 Å². The van der Waals surface area contributed by atoms with E-state index in [4.69, 9.17) is 9.97 Å². The molecule has 0 saturated heterocycles. The lowest BCUT2D eigenvalue weighted by atomic mass is 9.89. The third-order valence-electron chi connectivity index (χ3n) is 3.41. The van der Waals surface area contributed by atoms with E-state index in [2.05, 4.69) is 57.7 Å². The highest BCUT2D eigenvalue weighted by molar-refractivity contribution is 5.82. The van der Waals surface area contributed by atoms with Crippen LogP contribution in [0.1, 0.15) is 40.3 Å². The highest BCUT2D eigenvalue weighted by atomic mass is 15.2. The Kier molecular flexibility index (Phi) is 4.26. The highest BCUT2D eigenvalue weighted by Crippen LogP contribution is 2.26. The number of hydrogen-bond acceptors (Lipinski definition) is 3. The minimum Gasteiger partial charge on any atom is -0.341 e. The predicted octanol–water partition coefficient (Wildman–Crippen LogP) is 4.06. The smallest absolute Gasteiger partial charge is 0.226 e. The SMILES string of the molecule is CCN(CC)c1nc(CC(C)(C)C)c2ccccc2n1. The summed E-state index contributed by atoms with van der Waals surface area (Å²) in [5, 5.41) is 1.18. The maximum Gasteiger partial charge on any atom is 0.226 e. The van der Waals surface area contributed by atoms with Gasteiger partial charge < -0.3 is 4.90 Å². The molecule has 3 heteroatoms. The molecule has 0 N–H and O–H groups in total. The van der Waals surface area contributed by atoms with Gasteiger partial charge in [0.25, 0.3) is 0 Å². The Bertz CT molecular complexity index is 580. The summed E-state index contributed by atoms with van der Waals surface area (Å²) in [6.45, 7) is 12.9. The molecule has 0 fully saturated rings. The van der Waals surface area contributed by atoms with Crippen molar-refractivity contribution in [1.82, 2.24) is 9.97 Å². The van der Waals surface area contributed by atoms with Gasteiger partial charge >= 0.3 is 0 Å². The first-order valence-electron chi connectivity index (χ1n) is 7.45. The fraction of sp³-hybridized carbons (Fsp3) is 0.529. The summed E-state index contributed by atoms with van der Waals surface area (Å²) in [6.07, 6.45) is 0.963. The molecule has 2 rings (SSSR count). The molecule has 0 saturated carbocycles. The Balaban J connectivity index is 2.57. The molecular weight excluding hydrogens is 246 g/mol. The fourth-order valence-electron chi connectivity index (χ4n) is 2.41. The molecule has 0 spiro atoms. The van der Waals surface area contributed by atoms with Gasteiger partial charge in [-0.25, -0.2) is 9.97 Å². The molecule has 0 aliphatic rings. The van der Waals surface area contributed by atoms with Gasteiger partial charge in [-0.15, -0.1) is 0 Å². The van der Waals surface area contributed by atoms with Crippen LogP contribution < -0.4 is 4.90 Å². The summed E-state index contributed by atoms with van der Waals surface area (Å²) in [7, 11) is 0. The van der Waals surface area contributed by atoms with Crippen LogP contribution in [0.3, 0.4) is 0 Å². The Morgan fingerprint density at radius 3 is 2.25 bits per heavy atom. The molecule has 0 amide bonds. The Morgan fingerprint density at radius 1 is 1.00 bits per heavy atom. The molecular formula is C17H25N3. The molecule has 0 radical (unpaired) electrons. The highest BCUT2D eigenvalue weighted by Gasteiger charge is 2.17. The van der Waals surface area contributed by atoms with E-state index in [1.54, 1.807) is 0 Å². The lowest BCUT2D eigenvalue weighted by Gasteiger charge is -2.23. The van der Waals surface area contributed by atoms with Crippen molar-refractivity contribution in [2.75, 3.05) is 18.0 Å². The molecule has 108 valence electrons. The first kappa shape index (κ1) is 14.8. The molecule has 0 aliphatic heterocycles. The number of nitrogens with zero attached hydrogens (tertiary/aromatic N) is 3. The summed E-state index contributed by atoms with van der Waals surface area (Å²) < 4.78 is 0. The predicted molar refractivity (Wildman–Crippen MR) is 86.3 cm³/mol. The molecule has 2 aromatic rings. The van der Waals surface area contributed by atoms with Gasteiger partial charge in [-0.2, -0.15) is 0 Å². The van der Waals surface area contributed by atoms with E-state index < -0.39 is 0 Å². The summed E-state index contributed by atoms with van der Waals surface area (Å²) in [5.74, 6) is 0.855. The van der Waals surface area contributed by atoms with Gasteiger partial charge in [-0.05, 0) is 31.7 Å². The van der Waals surface area contributed by atoms with Crippen LogP contribution in [0.25, 0.3) is 10.9 Å². The summed E-state index contributed by atoms with van der Waals surface area (Å²) in [4.78, 5) is 11.8. The normalized spacial score (nSPS) is 11.8. The number of para-hydroxylation sites is 1. The molecule has 1 aromatic carbocycles. The van der Waals surface area contributed by atoms with Crippen molar-refractivity contribution in [2.45, 2.75) is 41.0 Å². The fourth-order valence-corrected chi connectivity index (χ4v) is 2.41. The van der Waals surface area contributed by atoms with Crippen LogP contribution >= 0.6 is 0 Å². The second kappa shape index (κ2) is 5.78. The van der Waals surface area contributed by atoms with Crippen LogP contribution in [0.5, 0.6) is 0 Å². The maximum absolute atomic E-state index is 4.84. The maximum atomic E-state index is 4.84. The van der Waals surface area contributed by atoms with Crippen LogP contribution in [-0.2, 0) is 6.42 Å². The quantitative estimate of drug-likeness (QED) is 0.839. The zero-order valence-corrected chi connectivity index (χ0v) is 13.3. The van der Waals surface area contributed by atoms with E-state index in [1.165, 1.54) is 5.39 Å². The van der Waals surface area contributed by atoms with E-state index in [9.17, 15) is 0 Å². The number of benzene rings is 1. The van der Waals surface area contributed by atoms with Crippen LogP contribution in [0.2, 0.25) is 0 Å². The van der Waals surface area contributed by atoms with Crippen molar-refractivity contribution in [1.29, 1.82) is 0 Å². The second-order valence-corrected chi connectivity index (χ2v) is 6.40. The first-order valence-corrected chi connectivity index (χ1v) is 7.45. The first-order chi connectivity index (χ1) is 9.44. The van der Waals surface area contributed by atoms with Crippen LogP contribution in [-0.4, -0.2) is 23.1 Å². The average Bonchev–Trinajstić information content (AvgIpc) is 2.38. The standard InChI is InChI=1S/C17H25N3/c1-6-20(7-2)16-18-14-11-9-8-10-13(14)15(19-16)12-17(3,4)5/h8-11H,6-7,12H2,1-5H3. The van der Waals surface area contributed by atoms with E-state index in [-0.39, 0.29) is 5.41 Å². The number of anilines is 1. The summed E-state index contributed by atoms with van der Waals surface area (Å²) >= 11 is 0. The van der Waals surface area contributed by atoms with E-state index >= 15 is 0 Å². The number of fused-ring (bicyclic) bond motifs is 1. The Labute approximate surface area is 122 Å². The molecule has 20 heavy (non-hydrogen) atoms. The number of hydrogen-bond donors (Lipinski definition) is 0. The molecule has 1 heterocycles. The Hall–Kier alpha value is -1.64. The zero-order chi connectivity index (χ0) is 14.8. The van der Waals surface area contributed by atoms with Crippen molar-refractivity contribution >= 4 is 16.9 Å². The van der Waals surface area contributed by atoms with E-state index in [1.807, 2.05) is 6.07 Å². The van der Waals surface area contributed by atoms with Crippen molar-refractivity contribution in [2.24, 2.45) is 5.41 Å². The molecule has 0 bridgehead atoms. The van der Waals surface area contributed by atoms with Crippen molar-refractivity contribution in [3.63, 3.8) is 0 Å². The van der Waals surface area contributed by atoms with Crippen LogP contribution in [0.4, 0.5) is 5.95 Å². The average molecular weight is 271 g/mol. The topological polar surface area (TPSA) is 29.0 Å². The van der Waals surface area contributed by atoms with Crippen molar-refractivity contribution in [3.05, 3.63) is 30.0 Å². The van der Waals surface area contributed by atoms with Gasteiger partial charge in [-0.1, -0.05) is 39.0 Å². The van der Waals surface area contributed by atoms with Gasteiger partial charge in [0, 0.05) is 18.5 Å². The molecule has 3 nitrogen and oxygen atoms in total. The van der Waals surface area contributed by atoms with Crippen LogP contribution in [0, 0.1) is 5.41 Å². The van der Waals surface area contributed by atoms with Gasteiger partial charge in [0.05, 0.1) is 11.2 Å². The van der Waals surface area contributed by atoms with E-state index in [0.717, 1.165) is 36.7 Å². The molecule has 0 atom stereocenters. The minimum atomic E-state index is 0.220. The second-order valence-electron chi connectivity index (χ2n) is 6.40. The number of rotatable bonds is 4. The lowest BCUT2D eigenvalue weighted by molar-refractivity contribution is 0.408. The van der Waals surface area contributed by atoms with Gasteiger partial charge in [-0.3, -0.25) is 0 Å². The molecule has 0 aliphatic carbocycles. The summed E-state index contributed by atoms with van der Waals surface area (Å²) in [6, 6.07) is 8.32. The van der Waals surface area contributed by atoms with Crippen molar-refractivity contribution < 1.29 is 0 Å². The lowest BCUT2D eigenvalue weighted by Crippen LogP contribution is -2.25. The van der Waals surface area contributed by atoms with Gasteiger partial charge in [0.1, 0.15) is 0 Å². The van der Waals surface area contributed by atoms with E-state index in [0.29, 0.717) is 0 Å². The Morgan fingerprint density at radius 2 is 1.65 bits per heavy atom. The largest absolute Gasteiger partial charge is 0.341 e. The third-order valence-corrected chi connectivity index (χ3v) is 3.41. The van der Waals surface area contributed by atoms with Gasteiger partial charge in [0.2, 0.25) is 5.95 Å². The zero-order valence-electron chi connectivity index (χ0n) is 13.3. The monoisotopic (exact) mass is 271 g/mol. The third kappa shape index (κ3) is 3.27. The number of aromatic nitrogens is 2. The van der Waals surface area contributed by atoms with Crippen molar-refractivity contribution in [3.8, 4) is 0 Å². The molecule has 0 unspecified atom stereocenters. The van der Waals surface area contributed by atoms with Gasteiger partial charge in [0.15, 0.2) is 0 Å². The summed E-state index contributed by atoms with van der Waals surface area (Å²) in [5.41, 5.74) is 2.42. The molecule has 1 aromatic heterocycles. The minimum absolute atomic E-state index is 0.220.